The third kappa shape index (κ3) is 5.14. The number of nitrogens with one attached hydrogen (secondary N) is 1. The number of nitriles is 1. The standard InChI is InChI=1S/C17H17F3N6O3/c18-17(19,20)9-29-14-2-1-11(6-23-14)24-16-12(15(22)27)7-26(25-16)13-8-28-4-3-10(13)5-21/h1-2,6-7,10,13H,3-4,8-9H2,(H2,22,27)(H,24,25). The number of nitrogens with two attached hydrogens (primary N) is 1. The molecule has 1 saturated heterocycles. The van der Waals surface area contributed by atoms with Gasteiger partial charge < -0.3 is 20.5 Å². The number of carbonyl (C=O) groups excluding carboxylic acids is 1. The summed E-state index contributed by atoms with van der Waals surface area (Å²) < 4.78 is 48.0. The molecule has 9 nitrogen and oxygen atoms in total. The number of pyridine rings is 1. The summed E-state index contributed by atoms with van der Waals surface area (Å²) >= 11 is 0. The van der Waals surface area contributed by atoms with Crippen LogP contribution in [-0.4, -0.2) is 46.7 Å². The van der Waals surface area contributed by atoms with Gasteiger partial charge in [-0.15, -0.1) is 0 Å². The smallest absolute Gasteiger partial charge is 0.422 e. The Hall–Kier alpha value is -3.33. The Morgan fingerprint density at radius 1 is 1.48 bits per heavy atom. The Bertz CT molecular complexity index is 907. The number of alkyl halides is 3. The Labute approximate surface area is 163 Å². The number of primary amides is 1. The molecule has 0 aliphatic carbocycles. The Kier molecular flexibility index (Phi) is 5.88. The third-order valence-corrected chi connectivity index (χ3v) is 4.21. The van der Waals surface area contributed by atoms with Gasteiger partial charge in [0.05, 0.1) is 36.5 Å². The van der Waals surface area contributed by atoms with Gasteiger partial charge in [0.15, 0.2) is 12.4 Å². The maximum Gasteiger partial charge on any atom is 0.422 e. The first-order valence-electron chi connectivity index (χ1n) is 8.56. The number of anilines is 2. The molecule has 29 heavy (non-hydrogen) atoms. The predicted molar refractivity (Wildman–Crippen MR) is 93.4 cm³/mol. The number of nitrogens with zero attached hydrogens (tertiary/aromatic N) is 4. The van der Waals surface area contributed by atoms with Crippen molar-refractivity contribution in [1.29, 1.82) is 5.26 Å². The van der Waals surface area contributed by atoms with Gasteiger partial charge in [-0.1, -0.05) is 0 Å². The highest BCUT2D eigenvalue weighted by Crippen LogP contribution is 2.28. The molecular formula is C17H17F3N6O3. The van der Waals surface area contributed by atoms with E-state index in [1.165, 1.54) is 29.2 Å². The lowest BCUT2D eigenvalue weighted by atomic mass is 9.97. The zero-order valence-electron chi connectivity index (χ0n) is 15.0. The van der Waals surface area contributed by atoms with E-state index in [1.54, 1.807) is 0 Å². The highest BCUT2D eigenvalue weighted by atomic mass is 19.4. The van der Waals surface area contributed by atoms with E-state index in [2.05, 4.69) is 26.2 Å². The number of hydrogen-bond acceptors (Lipinski definition) is 7. The molecule has 2 aromatic rings. The maximum absolute atomic E-state index is 12.2. The molecule has 2 aromatic heterocycles. The first-order chi connectivity index (χ1) is 13.8. The average molecular weight is 410 g/mol. The van der Waals surface area contributed by atoms with Crippen molar-refractivity contribution in [3.8, 4) is 11.9 Å². The van der Waals surface area contributed by atoms with Crippen LogP contribution in [0.25, 0.3) is 0 Å². The van der Waals surface area contributed by atoms with Crippen LogP contribution in [-0.2, 0) is 4.74 Å². The first-order valence-corrected chi connectivity index (χ1v) is 8.56. The number of aromatic nitrogens is 3. The predicted octanol–water partition coefficient (Wildman–Crippen LogP) is 2.16. The van der Waals surface area contributed by atoms with Crippen LogP contribution in [0.5, 0.6) is 5.88 Å². The number of rotatable bonds is 6. The van der Waals surface area contributed by atoms with Gasteiger partial charge >= 0.3 is 6.18 Å². The van der Waals surface area contributed by atoms with Gasteiger partial charge in [-0.2, -0.15) is 23.5 Å². The average Bonchev–Trinajstić information content (AvgIpc) is 3.10. The van der Waals surface area contributed by atoms with Gasteiger partial charge in [0.1, 0.15) is 5.56 Å². The fourth-order valence-electron chi connectivity index (χ4n) is 2.80. The molecule has 1 aliphatic heterocycles. The summed E-state index contributed by atoms with van der Waals surface area (Å²) in [6, 6.07) is 4.50. The molecule has 3 N–H and O–H groups in total. The van der Waals surface area contributed by atoms with E-state index in [1.807, 2.05) is 0 Å². The van der Waals surface area contributed by atoms with Gasteiger partial charge in [-0.25, -0.2) is 4.98 Å². The molecule has 1 amide bonds. The van der Waals surface area contributed by atoms with E-state index < -0.39 is 18.7 Å². The monoisotopic (exact) mass is 410 g/mol. The molecule has 154 valence electrons. The van der Waals surface area contributed by atoms with Crippen molar-refractivity contribution in [3.63, 3.8) is 0 Å². The lowest BCUT2D eigenvalue weighted by Gasteiger charge is -2.26. The lowest BCUT2D eigenvalue weighted by molar-refractivity contribution is -0.154. The fourth-order valence-corrected chi connectivity index (χ4v) is 2.80. The SMILES string of the molecule is N#CC1CCOCC1n1cc(C(N)=O)c(Nc2ccc(OCC(F)(F)F)nc2)n1. The number of amides is 1. The minimum atomic E-state index is -4.47. The molecule has 0 radical (unpaired) electrons. The number of hydrogen-bond donors (Lipinski definition) is 2. The zero-order valence-corrected chi connectivity index (χ0v) is 15.0. The highest BCUT2D eigenvalue weighted by Gasteiger charge is 2.30. The van der Waals surface area contributed by atoms with Crippen molar-refractivity contribution in [1.82, 2.24) is 14.8 Å². The molecule has 2 atom stereocenters. The normalized spacial score (nSPS) is 19.4. The van der Waals surface area contributed by atoms with Gasteiger partial charge in [0.2, 0.25) is 5.88 Å². The summed E-state index contributed by atoms with van der Waals surface area (Å²) in [5.41, 5.74) is 5.86. The molecular weight excluding hydrogens is 393 g/mol. The van der Waals surface area contributed by atoms with Crippen LogP contribution < -0.4 is 15.8 Å². The van der Waals surface area contributed by atoms with Crippen molar-refractivity contribution in [2.75, 3.05) is 25.1 Å². The molecule has 0 spiro atoms. The Balaban J connectivity index is 1.77. The molecule has 0 bridgehead atoms. The van der Waals surface area contributed by atoms with Crippen LogP contribution in [0.4, 0.5) is 24.7 Å². The molecule has 2 unspecified atom stereocenters. The van der Waals surface area contributed by atoms with E-state index in [9.17, 15) is 23.2 Å². The molecule has 1 fully saturated rings. The van der Waals surface area contributed by atoms with Gasteiger partial charge in [-0.05, 0) is 12.5 Å². The number of halogens is 3. The van der Waals surface area contributed by atoms with Crippen LogP contribution in [0.1, 0.15) is 22.8 Å². The van der Waals surface area contributed by atoms with Crippen molar-refractivity contribution in [2.45, 2.75) is 18.6 Å². The van der Waals surface area contributed by atoms with Crippen LogP contribution >= 0.6 is 0 Å². The van der Waals surface area contributed by atoms with E-state index in [-0.39, 0.29) is 35.8 Å². The van der Waals surface area contributed by atoms with E-state index in [0.717, 1.165) is 0 Å². The molecule has 3 heterocycles. The van der Waals surface area contributed by atoms with Gasteiger partial charge in [0.25, 0.3) is 5.91 Å². The second-order valence-electron chi connectivity index (χ2n) is 6.32. The van der Waals surface area contributed by atoms with Gasteiger partial charge in [0, 0.05) is 18.9 Å². The van der Waals surface area contributed by atoms with Crippen LogP contribution in [0.15, 0.2) is 24.5 Å². The van der Waals surface area contributed by atoms with E-state index in [0.29, 0.717) is 18.7 Å². The molecule has 0 saturated carbocycles. The fraction of sp³-hybridized carbons (Fsp3) is 0.412. The van der Waals surface area contributed by atoms with Crippen LogP contribution in [0, 0.1) is 17.2 Å². The van der Waals surface area contributed by atoms with Crippen molar-refractivity contribution >= 4 is 17.4 Å². The van der Waals surface area contributed by atoms with E-state index >= 15 is 0 Å². The number of carbonyl (C=O) groups is 1. The van der Waals surface area contributed by atoms with Gasteiger partial charge in [-0.3, -0.25) is 9.48 Å². The molecule has 0 aromatic carbocycles. The van der Waals surface area contributed by atoms with Crippen LogP contribution in [0.2, 0.25) is 0 Å². The summed E-state index contributed by atoms with van der Waals surface area (Å²) in [7, 11) is 0. The second kappa shape index (κ2) is 8.36. The summed E-state index contributed by atoms with van der Waals surface area (Å²) in [4.78, 5) is 15.6. The molecule has 3 rings (SSSR count). The second-order valence-corrected chi connectivity index (χ2v) is 6.32. The highest BCUT2D eigenvalue weighted by molar-refractivity contribution is 5.98. The summed E-state index contributed by atoms with van der Waals surface area (Å²) in [5, 5.41) is 16.5. The quantitative estimate of drug-likeness (QED) is 0.747. The topological polar surface area (TPSA) is 128 Å². The maximum atomic E-state index is 12.2. The molecule has 1 aliphatic rings. The van der Waals surface area contributed by atoms with E-state index in [4.69, 9.17) is 10.5 Å². The zero-order chi connectivity index (χ0) is 21.0. The molecule has 12 heteroatoms. The largest absolute Gasteiger partial charge is 0.468 e. The summed E-state index contributed by atoms with van der Waals surface area (Å²) in [6.45, 7) is -0.713. The minimum Gasteiger partial charge on any atom is -0.468 e. The van der Waals surface area contributed by atoms with Crippen molar-refractivity contribution in [3.05, 3.63) is 30.1 Å². The van der Waals surface area contributed by atoms with Crippen molar-refractivity contribution < 1.29 is 27.4 Å². The summed E-state index contributed by atoms with van der Waals surface area (Å²) in [5.74, 6) is -1.14. The van der Waals surface area contributed by atoms with Crippen LogP contribution in [0.3, 0.4) is 0 Å². The Morgan fingerprint density at radius 2 is 2.28 bits per heavy atom. The lowest BCUT2D eigenvalue weighted by Crippen LogP contribution is -2.29. The first kappa shape index (κ1) is 20.4. The summed E-state index contributed by atoms with van der Waals surface area (Å²) in [6.07, 6.45) is -1.26. The number of ether oxygens (including phenoxy) is 2. The third-order valence-electron chi connectivity index (χ3n) is 4.21. The minimum absolute atomic E-state index is 0.0876. The van der Waals surface area contributed by atoms with Crippen molar-refractivity contribution in [2.24, 2.45) is 11.7 Å². The Morgan fingerprint density at radius 3 is 2.90 bits per heavy atom.